The van der Waals surface area contributed by atoms with Gasteiger partial charge in [0.15, 0.2) is 0 Å². The molecule has 0 bridgehead atoms. The molecular formula is C23H20N2O3. The fraction of sp³-hybridized carbons (Fsp3) is 0.130. The summed E-state index contributed by atoms with van der Waals surface area (Å²) in [6, 6.07) is 21.6. The van der Waals surface area contributed by atoms with Crippen molar-refractivity contribution in [1.82, 2.24) is 10.1 Å². The number of nitrogens with zero attached hydrogens (tertiary/aromatic N) is 2. The summed E-state index contributed by atoms with van der Waals surface area (Å²) in [5.41, 5.74) is 4.91. The van der Waals surface area contributed by atoms with Crippen LogP contribution in [0.4, 0.5) is 0 Å². The Labute approximate surface area is 163 Å². The lowest BCUT2D eigenvalue weighted by Crippen LogP contribution is -1.91. The number of aromatic nitrogens is 2. The third-order valence-corrected chi connectivity index (χ3v) is 4.64. The largest absolute Gasteiger partial charge is 0.496 e. The van der Waals surface area contributed by atoms with E-state index < -0.39 is 0 Å². The van der Waals surface area contributed by atoms with Gasteiger partial charge in [0, 0.05) is 11.1 Å². The summed E-state index contributed by atoms with van der Waals surface area (Å²) in [4.78, 5) is 4.55. The molecule has 0 aliphatic rings. The Morgan fingerprint density at radius 2 is 1.39 bits per heavy atom. The zero-order valence-corrected chi connectivity index (χ0v) is 16.0. The van der Waals surface area contributed by atoms with Crippen molar-refractivity contribution in [2.75, 3.05) is 14.2 Å². The average Bonchev–Trinajstić information content (AvgIpc) is 3.24. The maximum Gasteiger partial charge on any atom is 0.258 e. The number of para-hydroxylation sites is 2. The molecular weight excluding hydrogens is 352 g/mol. The molecule has 0 saturated carbocycles. The molecule has 1 aromatic heterocycles. The van der Waals surface area contributed by atoms with Gasteiger partial charge >= 0.3 is 0 Å². The highest BCUT2D eigenvalue weighted by Gasteiger charge is 2.15. The summed E-state index contributed by atoms with van der Waals surface area (Å²) >= 11 is 0. The van der Waals surface area contributed by atoms with Crippen molar-refractivity contribution < 1.29 is 14.0 Å². The van der Waals surface area contributed by atoms with Gasteiger partial charge in [0.25, 0.3) is 5.89 Å². The predicted molar refractivity (Wildman–Crippen MR) is 108 cm³/mol. The molecule has 0 spiro atoms. The van der Waals surface area contributed by atoms with E-state index in [-0.39, 0.29) is 0 Å². The Balaban J connectivity index is 1.70. The normalized spacial score (nSPS) is 10.7. The first kappa shape index (κ1) is 17.8. The van der Waals surface area contributed by atoms with E-state index in [4.69, 9.17) is 14.0 Å². The first-order chi connectivity index (χ1) is 13.7. The van der Waals surface area contributed by atoms with Crippen LogP contribution < -0.4 is 9.47 Å². The highest BCUT2D eigenvalue weighted by Crippen LogP contribution is 2.34. The van der Waals surface area contributed by atoms with Gasteiger partial charge in [-0.15, -0.1) is 0 Å². The molecule has 0 unspecified atom stereocenters. The summed E-state index contributed by atoms with van der Waals surface area (Å²) in [5.74, 6) is 2.52. The summed E-state index contributed by atoms with van der Waals surface area (Å²) in [6.45, 7) is 2.06. The highest BCUT2D eigenvalue weighted by atomic mass is 16.5. The molecule has 5 nitrogen and oxygen atoms in total. The number of benzene rings is 3. The van der Waals surface area contributed by atoms with Gasteiger partial charge in [-0.1, -0.05) is 41.6 Å². The van der Waals surface area contributed by atoms with E-state index >= 15 is 0 Å². The monoisotopic (exact) mass is 372 g/mol. The second-order valence-corrected chi connectivity index (χ2v) is 6.35. The molecule has 3 aromatic carbocycles. The van der Waals surface area contributed by atoms with Crippen LogP contribution in [0.2, 0.25) is 0 Å². The Morgan fingerprint density at radius 3 is 2.07 bits per heavy atom. The number of hydrogen-bond acceptors (Lipinski definition) is 5. The van der Waals surface area contributed by atoms with Crippen LogP contribution in [0.25, 0.3) is 34.0 Å². The molecule has 0 fully saturated rings. The molecule has 0 aliphatic heterocycles. The minimum absolute atomic E-state index is 0.468. The van der Waals surface area contributed by atoms with Crippen molar-refractivity contribution in [3.8, 4) is 45.5 Å². The van der Waals surface area contributed by atoms with Gasteiger partial charge in [-0.05, 0) is 48.4 Å². The van der Waals surface area contributed by atoms with E-state index in [0.29, 0.717) is 17.5 Å². The molecule has 4 aromatic rings. The lowest BCUT2D eigenvalue weighted by atomic mass is 9.97. The summed E-state index contributed by atoms with van der Waals surface area (Å²) in [7, 11) is 3.31. The van der Waals surface area contributed by atoms with Gasteiger partial charge in [-0.25, -0.2) is 0 Å². The quantitative estimate of drug-likeness (QED) is 0.470. The fourth-order valence-corrected chi connectivity index (χ4v) is 3.25. The molecule has 28 heavy (non-hydrogen) atoms. The van der Waals surface area contributed by atoms with Crippen LogP contribution >= 0.6 is 0 Å². The van der Waals surface area contributed by atoms with Crippen molar-refractivity contribution in [3.63, 3.8) is 0 Å². The molecule has 0 saturated heterocycles. The average molecular weight is 372 g/mol. The molecule has 0 amide bonds. The van der Waals surface area contributed by atoms with Crippen LogP contribution in [-0.4, -0.2) is 24.4 Å². The van der Waals surface area contributed by atoms with Crippen LogP contribution in [0, 0.1) is 6.92 Å². The standard InChI is InChI=1S/C23H20N2O3/c1-15-14-16(12-13-17(15)18-8-4-6-10-20(18)26-2)23-24-22(25-28-23)19-9-5-7-11-21(19)27-3/h4-14H,1-3H3. The number of aryl methyl sites for hydroxylation is 1. The van der Waals surface area contributed by atoms with Crippen LogP contribution in [0.5, 0.6) is 11.5 Å². The van der Waals surface area contributed by atoms with Gasteiger partial charge in [0.05, 0.1) is 19.8 Å². The highest BCUT2D eigenvalue weighted by molar-refractivity contribution is 5.76. The van der Waals surface area contributed by atoms with E-state index in [0.717, 1.165) is 33.6 Å². The van der Waals surface area contributed by atoms with Crippen LogP contribution in [0.3, 0.4) is 0 Å². The molecule has 5 heteroatoms. The molecule has 0 N–H and O–H groups in total. The van der Waals surface area contributed by atoms with Gasteiger partial charge in [-0.2, -0.15) is 4.98 Å². The summed E-state index contributed by atoms with van der Waals surface area (Å²) in [6.07, 6.45) is 0. The number of methoxy groups -OCH3 is 2. The lowest BCUT2D eigenvalue weighted by Gasteiger charge is -2.11. The van der Waals surface area contributed by atoms with Crippen LogP contribution in [-0.2, 0) is 0 Å². The molecule has 4 rings (SSSR count). The van der Waals surface area contributed by atoms with Crippen molar-refractivity contribution in [1.29, 1.82) is 0 Å². The molecule has 140 valence electrons. The molecule has 0 aliphatic carbocycles. The second kappa shape index (κ2) is 7.56. The number of ether oxygens (including phenoxy) is 2. The van der Waals surface area contributed by atoms with Crippen LogP contribution in [0.1, 0.15) is 5.56 Å². The Morgan fingerprint density at radius 1 is 0.750 bits per heavy atom. The third-order valence-electron chi connectivity index (χ3n) is 4.64. The maximum atomic E-state index is 5.51. The van der Waals surface area contributed by atoms with E-state index in [1.807, 2.05) is 60.7 Å². The Kier molecular flexibility index (Phi) is 4.81. The zero-order valence-electron chi connectivity index (χ0n) is 16.0. The van der Waals surface area contributed by atoms with Crippen molar-refractivity contribution >= 4 is 0 Å². The van der Waals surface area contributed by atoms with Crippen molar-refractivity contribution in [2.24, 2.45) is 0 Å². The number of hydrogen-bond donors (Lipinski definition) is 0. The Hall–Kier alpha value is -3.60. The van der Waals surface area contributed by atoms with Gasteiger partial charge in [0.1, 0.15) is 11.5 Å². The maximum absolute atomic E-state index is 5.51. The Bertz CT molecular complexity index is 1120. The zero-order chi connectivity index (χ0) is 19.5. The van der Waals surface area contributed by atoms with Gasteiger partial charge < -0.3 is 14.0 Å². The lowest BCUT2D eigenvalue weighted by molar-refractivity contribution is 0.413. The predicted octanol–water partition coefficient (Wildman–Crippen LogP) is 5.40. The van der Waals surface area contributed by atoms with Gasteiger partial charge in [-0.3, -0.25) is 0 Å². The number of rotatable bonds is 5. The van der Waals surface area contributed by atoms with E-state index in [2.05, 4.69) is 23.1 Å². The third kappa shape index (κ3) is 3.22. The van der Waals surface area contributed by atoms with Crippen molar-refractivity contribution in [3.05, 3.63) is 72.3 Å². The second-order valence-electron chi connectivity index (χ2n) is 6.35. The topological polar surface area (TPSA) is 57.4 Å². The van der Waals surface area contributed by atoms with E-state index in [1.54, 1.807) is 14.2 Å². The van der Waals surface area contributed by atoms with E-state index in [1.165, 1.54) is 0 Å². The SMILES string of the molecule is COc1ccccc1-c1noc(-c2ccc(-c3ccccc3OC)c(C)c2)n1. The smallest absolute Gasteiger partial charge is 0.258 e. The molecule has 0 atom stereocenters. The first-order valence-corrected chi connectivity index (χ1v) is 8.92. The van der Waals surface area contributed by atoms with Gasteiger partial charge in [0.2, 0.25) is 5.82 Å². The molecule has 1 heterocycles. The minimum Gasteiger partial charge on any atom is -0.496 e. The molecule has 0 radical (unpaired) electrons. The minimum atomic E-state index is 0.468. The van der Waals surface area contributed by atoms with E-state index in [9.17, 15) is 0 Å². The van der Waals surface area contributed by atoms with Crippen molar-refractivity contribution in [2.45, 2.75) is 6.92 Å². The summed E-state index contributed by atoms with van der Waals surface area (Å²) < 4.78 is 16.4. The van der Waals surface area contributed by atoms with Crippen LogP contribution in [0.15, 0.2) is 71.3 Å². The first-order valence-electron chi connectivity index (χ1n) is 8.92. The fourth-order valence-electron chi connectivity index (χ4n) is 3.25. The summed E-state index contributed by atoms with van der Waals surface area (Å²) in [5, 5.41) is 4.12.